The number of imide groups is 1. The van der Waals surface area contributed by atoms with Crippen LogP contribution >= 0.6 is 23.4 Å². The first kappa shape index (κ1) is 27.8. The molecule has 0 saturated carbocycles. The van der Waals surface area contributed by atoms with Crippen LogP contribution < -0.4 is 4.90 Å². The van der Waals surface area contributed by atoms with Crippen molar-refractivity contribution in [3.8, 4) is 0 Å². The van der Waals surface area contributed by atoms with E-state index in [1.165, 1.54) is 13.2 Å². The van der Waals surface area contributed by atoms with Crippen LogP contribution in [0.5, 0.6) is 0 Å². The summed E-state index contributed by atoms with van der Waals surface area (Å²) in [5.74, 6) is -3.69. The molecule has 0 aromatic heterocycles. The molecule has 0 aliphatic heterocycles. The number of nitrogens with zero attached hydrogens (tertiary/aromatic N) is 1. The van der Waals surface area contributed by atoms with E-state index in [1.54, 1.807) is 13.8 Å². The number of carbonyl (C=O) groups excluding carboxylic acids is 4. The summed E-state index contributed by atoms with van der Waals surface area (Å²) in [5.41, 5.74) is -0.0958. The Morgan fingerprint density at radius 1 is 1.18 bits per heavy atom. The Morgan fingerprint density at radius 2 is 1.82 bits per heavy atom. The third-order valence-electron chi connectivity index (χ3n) is 5.05. The SMILES string of the molecule is CCOCOC(=O)C1=C(C(=O)N(C(C)=O)c2cc(SC(C)C(=O)OC)c(Cl)cc2F)CCCC1. The van der Waals surface area contributed by atoms with E-state index in [0.717, 1.165) is 24.8 Å². The number of carbonyl (C=O) groups is 4. The van der Waals surface area contributed by atoms with Crippen molar-refractivity contribution in [1.29, 1.82) is 0 Å². The molecule has 1 unspecified atom stereocenters. The highest BCUT2D eigenvalue weighted by Gasteiger charge is 2.32. The number of halogens is 2. The Kier molecular flexibility index (Phi) is 10.5. The van der Waals surface area contributed by atoms with Crippen LogP contribution in [0.1, 0.15) is 46.5 Å². The Bertz CT molecular complexity index is 998. The number of amides is 2. The number of benzene rings is 1. The van der Waals surface area contributed by atoms with E-state index in [2.05, 4.69) is 0 Å². The van der Waals surface area contributed by atoms with Crippen molar-refractivity contribution in [2.45, 2.75) is 56.6 Å². The molecule has 0 saturated heterocycles. The summed E-state index contributed by atoms with van der Waals surface area (Å²) in [6, 6.07) is 2.20. The Balaban J connectivity index is 2.47. The maximum atomic E-state index is 14.9. The molecule has 2 amide bonds. The normalized spacial score (nSPS) is 14.4. The monoisotopic (exact) mass is 515 g/mol. The van der Waals surface area contributed by atoms with Crippen LogP contribution in [-0.2, 0) is 33.4 Å². The lowest BCUT2D eigenvalue weighted by Crippen LogP contribution is -2.38. The predicted octanol–water partition coefficient (Wildman–Crippen LogP) is 4.42. The van der Waals surface area contributed by atoms with Gasteiger partial charge in [0.1, 0.15) is 11.1 Å². The maximum Gasteiger partial charge on any atom is 0.336 e. The average molecular weight is 516 g/mol. The molecule has 0 N–H and O–H groups in total. The molecule has 0 bridgehead atoms. The van der Waals surface area contributed by atoms with Gasteiger partial charge in [-0.2, -0.15) is 0 Å². The van der Waals surface area contributed by atoms with Crippen molar-refractivity contribution in [1.82, 2.24) is 0 Å². The van der Waals surface area contributed by atoms with Crippen molar-refractivity contribution in [2.24, 2.45) is 0 Å². The van der Waals surface area contributed by atoms with Crippen molar-refractivity contribution >= 4 is 52.8 Å². The molecule has 1 aromatic rings. The molecule has 34 heavy (non-hydrogen) atoms. The van der Waals surface area contributed by atoms with Crippen LogP contribution in [0.15, 0.2) is 28.2 Å². The van der Waals surface area contributed by atoms with Crippen LogP contribution in [0, 0.1) is 5.82 Å². The fraction of sp³-hybridized carbons (Fsp3) is 0.478. The number of anilines is 1. The van der Waals surface area contributed by atoms with Gasteiger partial charge in [0.25, 0.3) is 5.91 Å². The van der Waals surface area contributed by atoms with Crippen LogP contribution in [-0.4, -0.2) is 49.5 Å². The molecule has 1 aliphatic rings. The van der Waals surface area contributed by atoms with E-state index in [1.807, 2.05) is 0 Å². The summed E-state index contributed by atoms with van der Waals surface area (Å²) in [6.07, 6.45) is 1.81. The van der Waals surface area contributed by atoms with E-state index >= 15 is 0 Å². The lowest BCUT2D eigenvalue weighted by Gasteiger charge is -2.25. The Labute approximate surface area is 206 Å². The first-order valence-corrected chi connectivity index (χ1v) is 11.9. The van der Waals surface area contributed by atoms with Gasteiger partial charge in [-0.15, -0.1) is 11.8 Å². The topological polar surface area (TPSA) is 99.2 Å². The van der Waals surface area contributed by atoms with Crippen molar-refractivity contribution < 1.29 is 37.8 Å². The van der Waals surface area contributed by atoms with Gasteiger partial charge in [0.2, 0.25) is 5.91 Å². The van der Waals surface area contributed by atoms with E-state index in [0.29, 0.717) is 30.8 Å². The van der Waals surface area contributed by atoms with E-state index in [-0.39, 0.29) is 40.0 Å². The van der Waals surface area contributed by atoms with Gasteiger partial charge in [0, 0.05) is 29.6 Å². The van der Waals surface area contributed by atoms with Crippen LogP contribution in [0.2, 0.25) is 5.02 Å². The summed E-state index contributed by atoms with van der Waals surface area (Å²) < 4.78 is 29.7. The van der Waals surface area contributed by atoms with Gasteiger partial charge in [-0.1, -0.05) is 11.6 Å². The van der Waals surface area contributed by atoms with Crippen LogP contribution in [0.3, 0.4) is 0 Å². The smallest absolute Gasteiger partial charge is 0.336 e. The minimum atomic E-state index is -0.902. The first-order valence-electron chi connectivity index (χ1n) is 10.7. The zero-order chi connectivity index (χ0) is 25.4. The zero-order valence-corrected chi connectivity index (χ0v) is 21.0. The molecule has 0 spiro atoms. The largest absolute Gasteiger partial charge is 0.468 e. The van der Waals surface area contributed by atoms with Gasteiger partial charge in [-0.3, -0.25) is 14.4 Å². The minimum Gasteiger partial charge on any atom is -0.468 e. The second-order valence-corrected chi connectivity index (χ2v) is 9.17. The maximum absolute atomic E-state index is 14.9. The summed E-state index contributed by atoms with van der Waals surface area (Å²) in [6.45, 7) is 4.53. The van der Waals surface area contributed by atoms with E-state index in [4.69, 9.17) is 25.8 Å². The highest BCUT2D eigenvalue weighted by atomic mass is 35.5. The standard InChI is InChI=1S/C23H27ClFNO7S/c1-5-32-12-33-23(30)16-9-7-6-8-15(16)21(28)26(14(3)27)19-11-20(17(24)10-18(19)25)34-13(2)22(29)31-4/h10-11,13H,5-9,12H2,1-4H3. The summed E-state index contributed by atoms with van der Waals surface area (Å²) in [7, 11) is 1.24. The molecule has 0 radical (unpaired) electrons. The number of hydrogen-bond acceptors (Lipinski definition) is 8. The lowest BCUT2D eigenvalue weighted by molar-refractivity contribution is -0.151. The van der Waals surface area contributed by atoms with Gasteiger partial charge in [0.05, 0.1) is 17.8 Å². The Morgan fingerprint density at radius 3 is 2.41 bits per heavy atom. The van der Waals surface area contributed by atoms with Crippen molar-refractivity contribution in [2.75, 3.05) is 25.4 Å². The molecular formula is C23H27ClFNO7S. The average Bonchev–Trinajstić information content (AvgIpc) is 2.81. The summed E-state index contributed by atoms with van der Waals surface area (Å²) in [5, 5.41) is -0.662. The second-order valence-electron chi connectivity index (χ2n) is 7.38. The van der Waals surface area contributed by atoms with Crippen LogP contribution in [0.25, 0.3) is 0 Å². The molecular weight excluding hydrogens is 489 g/mol. The van der Waals surface area contributed by atoms with Crippen molar-refractivity contribution in [3.05, 3.63) is 34.1 Å². The quantitative estimate of drug-likeness (QED) is 0.206. The number of methoxy groups -OCH3 is 1. The Hall–Kier alpha value is -2.43. The second kappa shape index (κ2) is 12.9. The fourth-order valence-electron chi connectivity index (χ4n) is 3.37. The van der Waals surface area contributed by atoms with Crippen molar-refractivity contribution in [3.63, 3.8) is 0 Å². The molecule has 1 atom stereocenters. The minimum absolute atomic E-state index is 0.00928. The molecule has 0 fully saturated rings. The summed E-state index contributed by atoms with van der Waals surface area (Å²) >= 11 is 7.14. The van der Waals surface area contributed by atoms with Gasteiger partial charge < -0.3 is 14.2 Å². The molecule has 1 aliphatic carbocycles. The van der Waals surface area contributed by atoms with E-state index in [9.17, 15) is 23.6 Å². The molecule has 8 nitrogen and oxygen atoms in total. The number of esters is 2. The fourth-order valence-corrected chi connectivity index (χ4v) is 4.58. The number of thioether (sulfide) groups is 1. The highest BCUT2D eigenvalue weighted by Crippen LogP contribution is 2.37. The van der Waals surface area contributed by atoms with Crippen LogP contribution in [0.4, 0.5) is 10.1 Å². The van der Waals surface area contributed by atoms with Gasteiger partial charge >= 0.3 is 11.9 Å². The number of rotatable bonds is 9. The molecule has 2 rings (SSSR count). The first-order chi connectivity index (χ1) is 16.1. The predicted molar refractivity (Wildman–Crippen MR) is 125 cm³/mol. The summed E-state index contributed by atoms with van der Waals surface area (Å²) in [4.78, 5) is 51.2. The molecule has 0 heterocycles. The number of ether oxygens (including phenoxy) is 3. The third-order valence-corrected chi connectivity index (χ3v) is 6.61. The third kappa shape index (κ3) is 6.80. The molecule has 186 valence electrons. The lowest BCUT2D eigenvalue weighted by atomic mass is 9.90. The zero-order valence-electron chi connectivity index (χ0n) is 19.4. The number of hydrogen-bond donors (Lipinski definition) is 0. The van der Waals surface area contributed by atoms with Gasteiger partial charge in [-0.25, -0.2) is 14.1 Å². The van der Waals surface area contributed by atoms with Gasteiger partial charge in [-0.05, 0) is 51.7 Å². The molecule has 11 heteroatoms. The van der Waals surface area contributed by atoms with E-state index < -0.39 is 34.8 Å². The highest BCUT2D eigenvalue weighted by molar-refractivity contribution is 8.00. The molecule has 1 aromatic carbocycles. The van der Waals surface area contributed by atoms with Gasteiger partial charge in [0.15, 0.2) is 6.79 Å².